The number of hydrogen-bond acceptors (Lipinski definition) is 3. The predicted octanol–water partition coefficient (Wildman–Crippen LogP) is 5.24. The number of ether oxygens (including phenoxy) is 2. The third-order valence-electron chi connectivity index (χ3n) is 4.22. The lowest BCUT2D eigenvalue weighted by molar-refractivity contribution is -0.276. The highest BCUT2D eigenvalue weighted by Crippen LogP contribution is 2.43. The van der Waals surface area contributed by atoms with Crippen molar-refractivity contribution in [1.29, 1.82) is 0 Å². The van der Waals surface area contributed by atoms with Crippen molar-refractivity contribution in [1.82, 2.24) is 0 Å². The number of esters is 1. The second-order valence-corrected chi connectivity index (χ2v) is 6.30. The summed E-state index contributed by atoms with van der Waals surface area (Å²) in [7, 11) is 0.871. The highest BCUT2D eigenvalue weighted by molar-refractivity contribution is 5.82. The number of rotatable bonds is 10. The Hall–Kier alpha value is -1.56. The number of carbonyl (C=O) groups is 1. The Labute approximate surface area is 147 Å². The van der Waals surface area contributed by atoms with Crippen LogP contribution < -0.4 is 0 Å². The van der Waals surface area contributed by atoms with Crippen molar-refractivity contribution in [3.05, 3.63) is 35.9 Å². The average Bonchev–Trinajstić information content (AvgIpc) is 2.57. The Bertz CT molecular complexity index is 516. The van der Waals surface area contributed by atoms with Gasteiger partial charge in [-0.1, -0.05) is 69.9 Å². The molecule has 0 heterocycles. The Kier molecular flexibility index (Phi) is 8.42. The lowest BCUT2D eigenvalue weighted by Gasteiger charge is -2.32. The van der Waals surface area contributed by atoms with Crippen molar-refractivity contribution in [3.8, 4) is 0 Å². The Morgan fingerprint density at radius 2 is 1.76 bits per heavy atom. The van der Waals surface area contributed by atoms with Crippen molar-refractivity contribution in [2.24, 2.45) is 5.92 Å². The van der Waals surface area contributed by atoms with Crippen LogP contribution in [0.15, 0.2) is 30.3 Å². The molecule has 0 aliphatic carbocycles. The van der Waals surface area contributed by atoms with E-state index in [1.165, 1.54) is 24.3 Å². The number of carbonyl (C=O) groups excluding carboxylic acids is 1. The van der Waals surface area contributed by atoms with Crippen molar-refractivity contribution in [2.75, 3.05) is 13.7 Å². The van der Waals surface area contributed by atoms with E-state index in [1.807, 2.05) is 6.92 Å². The summed E-state index contributed by atoms with van der Waals surface area (Å²) in [6.07, 6.45) is 0.169. The van der Waals surface area contributed by atoms with Crippen LogP contribution >= 0.6 is 0 Å². The molecule has 1 unspecified atom stereocenters. The molecule has 6 heteroatoms. The maximum atomic E-state index is 13.7. The summed E-state index contributed by atoms with van der Waals surface area (Å²) in [5.41, 5.74) is -3.39. The summed E-state index contributed by atoms with van der Waals surface area (Å²) >= 11 is 0. The van der Waals surface area contributed by atoms with E-state index >= 15 is 0 Å². The summed E-state index contributed by atoms with van der Waals surface area (Å²) in [6.45, 7) is 3.92. The molecule has 0 radical (unpaired) electrons. The van der Waals surface area contributed by atoms with Gasteiger partial charge in [-0.3, -0.25) is 0 Å². The van der Waals surface area contributed by atoms with Gasteiger partial charge < -0.3 is 9.47 Å². The molecule has 25 heavy (non-hydrogen) atoms. The Morgan fingerprint density at radius 3 is 2.28 bits per heavy atom. The molecule has 0 saturated heterocycles. The summed E-state index contributed by atoms with van der Waals surface area (Å²) in [5.74, 6) is -1.42. The molecule has 0 N–H and O–H groups in total. The van der Waals surface area contributed by atoms with E-state index in [0.717, 1.165) is 39.2 Å². The highest BCUT2D eigenvalue weighted by Gasteiger charge is 2.64. The van der Waals surface area contributed by atoms with Gasteiger partial charge in [0.1, 0.15) is 0 Å². The standard InChI is InChI=1S/C19H27F3O3/c1-4-5-6-8-11-15(2)14-25-17(23)18(24-3,19(20,21)22)16-12-9-7-10-13-16/h7,9-10,12-13,15H,4-6,8,11,14H2,1-3H3/t15?,18-/m1/s1. The summed E-state index contributed by atoms with van der Waals surface area (Å²) in [5, 5.41) is 0. The molecule has 0 saturated carbocycles. The van der Waals surface area contributed by atoms with E-state index in [2.05, 4.69) is 6.92 Å². The van der Waals surface area contributed by atoms with Crippen LogP contribution in [0.4, 0.5) is 13.2 Å². The highest BCUT2D eigenvalue weighted by atomic mass is 19.4. The molecule has 0 spiro atoms. The van der Waals surface area contributed by atoms with Gasteiger partial charge in [0.2, 0.25) is 0 Å². The molecular formula is C19H27F3O3. The molecule has 1 aromatic rings. The van der Waals surface area contributed by atoms with Gasteiger partial charge in [0.15, 0.2) is 0 Å². The number of unbranched alkanes of at least 4 members (excludes halogenated alkanes) is 3. The second-order valence-electron chi connectivity index (χ2n) is 6.30. The predicted molar refractivity (Wildman–Crippen MR) is 90.1 cm³/mol. The van der Waals surface area contributed by atoms with Gasteiger partial charge in [-0.15, -0.1) is 0 Å². The zero-order chi connectivity index (χ0) is 18.9. The lowest BCUT2D eigenvalue weighted by Crippen LogP contribution is -2.52. The molecule has 1 aromatic carbocycles. The van der Waals surface area contributed by atoms with Crippen molar-refractivity contribution in [3.63, 3.8) is 0 Å². The van der Waals surface area contributed by atoms with Crippen LogP contribution in [-0.2, 0) is 19.9 Å². The third kappa shape index (κ3) is 5.46. The first-order chi connectivity index (χ1) is 11.8. The van der Waals surface area contributed by atoms with E-state index < -0.39 is 17.7 Å². The monoisotopic (exact) mass is 360 g/mol. The number of hydrogen-bond donors (Lipinski definition) is 0. The SMILES string of the molecule is CCCCCCC(C)COC(=O)[C@](OC)(c1ccccc1)C(F)(F)F. The summed E-state index contributed by atoms with van der Waals surface area (Å²) < 4.78 is 50.8. The topological polar surface area (TPSA) is 35.5 Å². The molecule has 3 nitrogen and oxygen atoms in total. The van der Waals surface area contributed by atoms with Crippen molar-refractivity contribution < 1.29 is 27.4 Å². The number of alkyl halides is 3. The van der Waals surface area contributed by atoms with Crippen LogP contribution in [0.1, 0.15) is 51.5 Å². The van der Waals surface area contributed by atoms with Crippen LogP contribution in [0, 0.1) is 5.92 Å². The molecule has 0 fully saturated rings. The summed E-state index contributed by atoms with van der Waals surface area (Å²) in [6, 6.07) is 6.86. The van der Waals surface area contributed by atoms with Gasteiger partial charge >= 0.3 is 12.1 Å². The minimum atomic E-state index is -4.93. The maximum Gasteiger partial charge on any atom is 0.432 e. The third-order valence-corrected chi connectivity index (χ3v) is 4.22. The number of benzene rings is 1. The van der Waals surface area contributed by atoms with Crippen LogP contribution in [-0.4, -0.2) is 25.9 Å². The van der Waals surface area contributed by atoms with Gasteiger partial charge in [-0.05, 0) is 12.3 Å². The molecule has 0 aliphatic heterocycles. The zero-order valence-electron chi connectivity index (χ0n) is 15.1. The van der Waals surface area contributed by atoms with Crippen LogP contribution in [0.3, 0.4) is 0 Å². The molecule has 0 bridgehead atoms. The fourth-order valence-corrected chi connectivity index (χ4v) is 2.71. The maximum absolute atomic E-state index is 13.7. The van der Waals surface area contributed by atoms with Crippen LogP contribution in [0.5, 0.6) is 0 Å². The fourth-order valence-electron chi connectivity index (χ4n) is 2.71. The average molecular weight is 360 g/mol. The minimum absolute atomic E-state index is 0.000584. The molecule has 2 atom stereocenters. The zero-order valence-corrected chi connectivity index (χ0v) is 15.1. The van der Waals surface area contributed by atoms with Gasteiger partial charge in [0.05, 0.1) is 6.61 Å². The molecule has 0 aliphatic rings. The molecule has 142 valence electrons. The number of methoxy groups -OCH3 is 1. The quantitative estimate of drug-likeness (QED) is 0.423. The van der Waals surface area contributed by atoms with E-state index in [0.29, 0.717) is 0 Å². The van der Waals surface area contributed by atoms with E-state index in [1.54, 1.807) is 6.07 Å². The van der Waals surface area contributed by atoms with Gasteiger partial charge in [-0.25, -0.2) is 4.79 Å². The fraction of sp³-hybridized carbons (Fsp3) is 0.632. The van der Waals surface area contributed by atoms with Gasteiger partial charge in [0.25, 0.3) is 5.60 Å². The minimum Gasteiger partial charge on any atom is -0.463 e. The van der Waals surface area contributed by atoms with Crippen molar-refractivity contribution >= 4 is 5.97 Å². The first kappa shape index (κ1) is 21.5. The first-order valence-electron chi connectivity index (χ1n) is 8.64. The molecule has 0 amide bonds. The number of halogens is 3. The smallest absolute Gasteiger partial charge is 0.432 e. The summed E-state index contributed by atoms with van der Waals surface area (Å²) in [4.78, 5) is 12.4. The Morgan fingerprint density at radius 1 is 1.12 bits per heavy atom. The first-order valence-corrected chi connectivity index (χ1v) is 8.64. The second kappa shape index (κ2) is 9.80. The van der Waals surface area contributed by atoms with Crippen LogP contribution in [0.2, 0.25) is 0 Å². The molecule has 0 aromatic heterocycles. The molecule has 1 rings (SSSR count). The van der Waals surface area contributed by atoms with E-state index in [9.17, 15) is 18.0 Å². The van der Waals surface area contributed by atoms with E-state index in [-0.39, 0.29) is 18.1 Å². The Balaban J connectivity index is 2.82. The van der Waals surface area contributed by atoms with Crippen LogP contribution in [0.25, 0.3) is 0 Å². The largest absolute Gasteiger partial charge is 0.463 e. The van der Waals surface area contributed by atoms with Crippen molar-refractivity contribution in [2.45, 2.75) is 57.7 Å². The van der Waals surface area contributed by atoms with Gasteiger partial charge in [0, 0.05) is 12.7 Å². The molecular weight excluding hydrogens is 333 g/mol. The lowest BCUT2D eigenvalue weighted by atomic mass is 9.92. The van der Waals surface area contributed by atoms with E-state index in [4.69, 9.17) is 9.47 Å². The normalized spacial score (nSPS) is 15.4. The van der Waals surface area contributed by atoms with Gasteiger partial charge in [-0.2, -0.15) is 13.2 Å².